The van der Waals surface area contributed by atoms with Gasteiger partial charge >= 0.3 is 12.2 Å². The first-order valence-corrected chi connectivity index (χ1v) is 18.9. The third-order valence-corrected chi connectivity index (χ3v) is 10.8. The van der Waals surface area contributed by atoms with E-state index in [2.05, 4.69) is 16.0 Å². The fourth-order valence-electron chi connectivity index (χ4n) is 7.71. The Kier molecular flexibility index (Phi) is 12.5. The molecule has 0 radical (unpaired) electrons. The van der Waals surface area contributed by atoms with Gasteiger partial charge in [0.25, 0.3) is 5.91 Å². The van der Waals surface area contributed by atoms with E-state index in [0.29, 0.717) is 24.6 Å². The van der Waals surface area contributed by atoms with Crippen molar-refractivity contribution in [1.29, 1.82) is 0 Å². The van der Waals surface area contributed by atoms with Gasteiger partial charge in [-0.3, -0.25) is 9.69 Å². The second-order valence-electron chi connectivity index (χ2n) is 17.6. The number of carbonyl (C=O) groups excluding carboxylic acids is 3. The Hall–Kier alpha value is -2.81. The van der Waals surface area contributed by atoms with Crippen molar-refractivity contribution in [2.75, 3.05) is 33.3 Å². The van der Waals surface area contributed by atoms with E-state index in [0.717, 1.165) is 11.4 Å². The van der Waals surface area contributed by atoms with Crippen LogP contribution in [-0.2, 0) is 28.5 Å². The van der Waals surface area contributed by atoms with Gasteiger partial charge in [-0.15, -0.1) is 0 Å². The van der Waals surface area contributed by atoms with Crippen molar-refractivity contribution in [2.45, 2.75) is 151 Å². The number of likely N-dealkylation sites (N-methyl/N-ethyl adjacent to an activating group) is 1. The van der Waals surface area contributed by atoms with E-state index >= 15 is 0 Å². The first kappa shape index (κ1) is 42.3. The highest BCUT2D eigenvalue weighted by Gasteiger charge is 2.78. The standard InChI is InChI=1S/C36H62N6O12/c1-33(2,3)53-31(47)40-15-23(43)29(46)41-22-12-21(38)24(26-20(37)11-10-19(51-26)14-39-13-18-8-9-18)25(44)27(22)52-30-28(45)36(16-35(36,49)17-50-30)42(7)32(48)54-34(4,5)6/h10,18,20-28,30,39,43-45,49H,8-9,11-17,37-38H2,1-7H3,(H,40,47)(H,41,46)/t20-,21+,22-,23-,24?,25+,26+,27+,28+,30-,35+,36-/m1/s1. The first-order valence-electron chi connectivity index (χ1n) is 18.9. The normalized spacial score (nSPS) is 37.1. The molecule has 18 heteroatoms. The van der Waals surface area contributed by atoms with Gasteiger partial charge in [0, 0.05) is 31.5 Å². The molecule has 1 saturated heterocycles. The van der Waals surface area contributed by atoms with E-state index in [1.54, 1.807) is 41.5 Å². The smallest absolute Gasteiger partial charge is 0.410 e. The maximum Gasteiger partial charge on any atom is 0.410 e. The summed E-state index contributed by atoms with van der Waals surface area (Å²) >= 11 is 0. The number of nitrogens with zero attached hydrogens (tertiary/aromatic N) is 1. The van der Waals surface area contributed by atoms with Crippen molar-refractivity contribution in [3.63, 3.8) is 0 Å². The molecule has 0 aromatic heterocycles. The van der Waals surface area contributed by atoms with Gasteiger partial charge in [0.05, 0.1) is 31.8 Å². The van der Waals surface area contributed by atoms with Crippen molar-refractivity contribution < 1.29 is 58.5 Å². The Balaban J connectivity index is 1.35. The van der Waals surface area contributed by atoms with Gasteiger partial charge in [-0.1, -0.05) is 0 Å². The predicted octanol–water partition coefficient (Wildman–Crippen LogP) is -1.09. The largest absolute Gasteiger partial charge is 0.492 e. The van der Waals surface area contributed by atoms with Crippen LogP contribution >= 0.6 is 0 Å². The average molecular weight is 771 g/mol. The van der Waals surface area contributed by atoms with E-state index < -0.39 is 108 Å². The van der Waals surface area contributed by atoms with Crippen LogP contribution in [0.4, 0.5) is 9.59 Å². The molecule has 308 valence electrons. The Morgan fingerprint density at radius 2 is 1.74 bits per heavy atom. The fraction of sp³-hybridized carbons (Fsp3) is 0.861. The minimum Gasteiger partial charge on any atom is -0.492 e. The van der Waals surface area contributed by atoms with Crippen LogP contribution in [0.3, 0.4) is 0 Å². The zero-order valence-electron chi connectivity index (χ0n) is 32.4. The summed E-state index contributed by atoms with van der Waals surface area (Å²) in [5, 5.41) is 54.3. The summed E-state index contributed by atoms with van der Waals surface area (Å²) in [5.74, 6) is -0.394. The predicted molar refractivity (Wildman–Crippen MR) is 192 cm³/mol. The molecule has 2 heterocycles. The lowest BCUT2D eigenvalue weighted by Crippen LogP contribution is -2.69. The lowest BCUT2D eigenvalue weighted by atomic mass is 9.72. The van der Waals surface area contributed by atoms with Crippen LogP contribution in [0.2, 0.25) is 0 Å². The minimum atomic E-state index is -1.72. The molecule has 3 aliphatic carbocycles. The van der Waals surface area contributed by atoms with E-state index in [1.165, 1.54) is 19.9 Å². The number of ether oxygens (including phenoxy) is 5. The fourth-order valence-corrected chi connectivity index (χ4v) is 7.71. The second kappa shape index (κ2) is 16.0. The highest BCUT2D eigenvalue weighted by Crippen LogP contribution is 2.58. The Morgan fingerprint density at radius 1 is 1.07 bits per heavy atom. The van der Waals surface area contributed by atoms with E-state index in [-0.39, 0.29) is 19.4 Å². The lowest BCUT2D eigenvalue weighted by Gasteiger charge is -2.50. The number of rotatable bonds is 12. The zero-order chi connectivity index (χ0) is 40.0. The molecule has 12 atom stereocenters. The second-order valence-corrected chi connectivity index (χ2v) is 17.6. The lowest BCUT2D eigenvalue weighted by molar-refractivity contribution is -0.289. The number of nitrogens with two attached hydrogens (primary N) is 2. The number of hydrogen-bond donors (Lipinski definition) is 9. The van der Waals surface area contributed by atoms with Crippen LogP contribution in [0.1, 0.15) is 73.6 Å². The third-order valence-electron chi connectivity index (χ3n) is 10.8. The molecule has 5 aliphatic rings. The van der Waals surface area contributed by atoms with Gasteiger partial charge in [-0.25, -0.2) is 9.59 Å². The third kappa shape index (κ3) is 9.58. The van der Waals surface area contributed by atoms with Crippen LogP contribution in [0.25, 0.3) is 0 Å². The summed E-state index contributed by atoms with van der Waals surface area (Å²) in [7, 11) is 1.41. The van der Waals surface area contributed by atoms with Gasteiger partial charge in [-0.2, -0.15) is 0 Å². The van der Waals surface area contributed by atoms with Gasteiger partial charge in [0.1, 0.15) is 52.5 Å². The van der Waals surface area contributed by atoms with Gasteiger partial charge in [0.2, 0.25) is 0 Å². The molecule has 0 bridgehead atoms. The summed E-state index contributed by atoms with van der Waals surface area (Å²) in [4.78, 5) is 39.8. The monoisotopic (exact) mass is 770 g/mol. The summed E-state index contributed by atoms with van der Waals surface area (Å²) in [6, 6.07) is -2.38. The molecule has 11 N–H and O–H groups in total. The van der Waals surface area contributed by atoms with Crippen molar-refractivity contribution in [1.82, 2.24) is 20.9 Å². The van der Waals surface area contributed by atoms with Crippen LogP contribution in [0.15, 0.2) is 11.8 Å². The number of alkyl carbamates (subject to hydrolysis) is 1. The minimum absolute atomic E-state index is 0.0195. The highest BCUT2D eigenvalue weighted by molar-refractivity contribution is 5.82. The van der Waals surface area contributed by atoms with Crippen LogP contribution < -0.4 is 27.4 Å². The zero-order valence-corrected chi connectivity index (χ0v) is 32.4. The van der Waals surface area contributed by atoms with Crippen molar-refractivity contribution >= 4 is 18.1 Å². The SMILES string of the molecule is CN(C(=O)OC(C)(C)C)[C@@]12C[C@]1(O)CO[C@H](O[C@H]1[C@H](NC(=O)[C@H](O)CNC(=O)OC(C)(C)C)C[C@H](N)C([C@H]3OC(CNCC4CC4)=CC[C@H]3N)[C@@H]1O)[C@@H]2O. The number of nitrogens with one attached hydrogen (secondary N) is 3. The van der Waals surface area contributed by atoms with Crippen LogP contribution in [-0.4, -0.2) is 154 Å². The molecular weight excluding hydrogens is 708 g/mol. The Labute approximate surface area is 316 Å². The number of aliphatic hydroxyl groups is 4. The molecule has 1 unspecified atom stereocenters. The Bertz CT molecular complexity index is 1400. The summed E-state index contributed by atoms with van der Waals surface area (Å²) in [6.45, 7) is 10.6. The number of carbonyl (C=O) groups is 3. The first-order chi connectivity index (χ1) is 25.0. The average Bonchev–Trinajstić information content (AvgIpc) is 3.98. The molecule has 54 heavy (non-hydrogen) atoms. The van der Waals surface area contributed by atoms with Gasteiger partial charge in [-0.05, 0) is 85.8 Å². The van der Waals surface area contributed by atoms with Crippen LogP contribution in [0.5, 0.6) is 0 Å². The van der Waals surface area contributed by atoms with E-state index in [1.807, 2.05) is 6.08 Å². The molecule has 5 rings (SSSR count). The molecule has 0 aromatic rings. The summed E-state index contributed by atoms with van der Waals surface area (Å²) in [5.41, 5.74) is 8.47. The summed E-state index contributed by atoms with van der Waals surface area (Å²) in [6.07, 6.45) is -5.26. The van der Waals surface area contributed by atoms with Crippen molar-refractivity contribution in [3.05, 3.63) is 11.8 Å². The number of hydrogen-bond acceptors (Lipinski definition) is 15. The number of amides is 3. The molecule has 3 saturated carbocycles. The van der Waals surface area contributed by atoms with Crippen molar-refractivity contribution in [2.24, 2.45) is 23.3 Å². The van der Waals surface area contributed by atoms with Crippen LogP contribution in [0, 0.1) is 11.8 Å². The number of aliphatic hydroxyl groups excluding tert-OH is 3. The highest BCUT2D eigenvalue weighted by atomic mass is 16.7. The van der Waals surface area contributed by atoms with Gasteiger partial charge in [0.15, 0.2) is 6.29 Å². The molecule has 2 aliphatic heterocycles. The molecule has 0 aromatic carbocycles. The maximum absolute atomic E-state index is 13.3. The van der Waals surface area contributed by atoms with Gasteiger partial charge < -0.3 is 71.5 Å². The molecule has 18 nitrogen and oxygen atoms in total. The topological polar surface area (TPSA) is 270 Å². The maximum atomic E-state index is 13.3. The molecule has 4 fully saturated rings. The van der Waals surface area contributed by atoms with E-state index in [9.17, 15) is 34.8 Å². The van der Waals surface area contributed by atoms with Crippen molar-refractivity contribution in [3.8, 4) is 0 Å². The molecule has 3 amide bonds. The van der Waals surface area contributed by atoms with E-state index in [4.69, 9.17) is 35.2 Å². The molecular formula is C36H62N6O12. The Morgan fingerprint density at radius 3 is 2.37 bits per heavy atom. The number of fused-ring (bicyclic) bond motifs is 1. The quantitative estimate of drug-likeness (QED) is 0.114. The summed E-state index contributed by atoms with van der Waals surface area (Å²) < 4.78 is 29.3. The molecule has 0 spiro atoms.